The number of nitrogens with zero attached hydrogens (tertiary/aromatic N) is 2. The summed E-state index contributed by atoms with van der Waals surface area (Å²) in [4.78, 5) is 31.7. The summed E-state index contributed by atoms with van der Waals surface area (Å²) in [6, 6.07) is 16.7. The summed E-state index contributed by atoms with van der Waals surface area (Å²) in [6.45, 7) is 0.506. The first-order valence-corrected chi connectivity index (χ1v) is 10.2. The van der Waals surface area contributed by atoms with Gasteiger partial charge in [0.25, 0.3) is 5.91 Å². The van der Waals surface area contributed by atoms with Crippen molar-refractivity contribution in [3.8, 4) is 11.1 Å². The fourth-order valence-corrected chi connectivity index (χ4v) is 3.50. The van der Waals surface area contributed by atoms with Crippen molar-refractivity contribution in [1.82, 2.24) is 4.90 Å². The summed E-state index contributed by atoms with van der Waals surface area (Å²) >= 11 is 4.21. The summed E-state index contributed by atoms with van der Waals surface area (Å²) in [7, 11) is 1.34. The number of amidine groups is 1. The topological polar surface area (TPSA) is 59.0 Å². The zero-order valence-corrected chi connectivity index (χ0v) is 17.2. The van der Waals surface area contributed by atoms with Crippen LogP contribution >= 0.6 is 12.6 Å². The van der Waals surface area contributed by atoms with Gasteiger partial charge >= 0.3 is 5.97 Å². The second-order valence-corrected chi connectivity index (χ2v) is 7.05. The van der Waals surface area contributed by atoms with Crippen molar-refractivity contribution in [2.45, 2.75) is 18.9 Å². The van der Waals surface area contributed by atoms with Gasteiger partial charge in [-0.25, -0.2) is 4.79 Å². The Balaban J connectivity index is 1.97. The number of aliphatic imine (C=N–C) groups is 1. The van der Waals surface area contributed by atoms with E-state index in [0.29, 0.717) is 30.1 Å². The molecular weight excluding hydrogens is 384 g/mol. The largest absolute Gasteiger partial charge is 0.467 e. The molecule has 1 atom stereocenters. The first-order chi connectivity index (χ1) is 14.2. The molecule has 150 valence electrons. The van der Waals surface area contributed by atoms with Gasteiger partial charge in [0.1, 0.15) is 5.84 Å². The van der Waals surface area contributed by atoms with Crippen LogP contribution in [0.1, 0.15) is 23.2 Å². The van der Waals surface area contributed by atoms with Gasteiger partial charge in [0.15, 0.2) is 6.04 Å². The highest BCUT2D eigenvalue weighted by molar-refractivity contribution is 7.80. The van der Waals surface area contributed by atoms with E-state index < -0.39 is 12.0 Å². The van der Waals surface area contributed by atoms with Crippen LogP contribution in [0.3, 0.4) is 0 Å². The molecule has 1 aliphatic heterocycles. The smallest absolute Gasteiger partial charge is 0.330 e. The quantitative estimate of drug-likeness (QED) is 0.580. The van der Waals surface area contributed by atoms with Gasteiger partial charge in [-0.2, -0.15) is 12.6 Å². The summed E-state index contributed by atoms with van der Waals surface area (Å²) in [5.74, 6) is 0.399. The van der Waals surface area contributed by atoms with Gasteiger partial charge in [0.2, 0.25) is 0 Å². The van der Waals surface area contributed by atoms with Crippen LogP contribution in [0, 0.1) is 0 Å². The Morgan fingerprint density at radius 3 is 2.59 bits per heavy atom. The molecule has 0 fully saturated rings. The van der Waals surface area contributed by atoms with E-state index in [-0.39, 0.29) is 5.91 Å². The molecule has 1 amide bonds. The molecule has 6 heteroatoms. The number of esters is 1. The minimum Gasteiger partial charge on any atom is -0.467 e. The van der Waals surface area contributed by atoms with E-state index in [1.54, 1.807) is 11.0 Å². The summed E-state index contributed by atoms with van der Waals surface area (Å²) in [5.41, 5.74) is 2.45. The van der Waals surface area contributed by atoms with Gasteiger partial charge in [0.05, 0.1) is 7.11 Å². The number of amides is 1. The number of hydrogen-bond donors (Lipinski definition) is 1. The number of thiol groups is 1. The molecule has 0 radical (unpaired) electrons. The zero-order valence-electron chi connectivity index (χ0n) is 16.3. The number of rotatable bonds is 6. The minimum absolute atomic E-state index is 0.137. The standard InChI is InChI=1S/C23H24N2O3S/c1-28-23(27)20(14-16-29)24-21-13-7-8-15-25(21)22(26)19-12-6-5-11-18(19)17-9-3-2-4-10-17/h2-7,9-13,20,29H,8,14-16H2,1H3/t20-/m0/s1. The van der Waals surface area contributed by atoms with Crippen LogP contribution in [0.25, 0.3) is 11.1 Å². The van der Waals surface area contributed by atoms with Crippen molar-refractivity contribution in [1.29, 1.82) is 0 Å². The van der Waals surface area contributed by atoms with Crippen molar-refractivity contribution >= 4 is 30.3 Å². The average Bonchev–Trinajstić information content (AvgIpc) is 2.78. The highest BCUT2D eigenvalue weighted by atomic mass is 32.1. The number of ether oxygens (including phenoxy) is 1. The van der Waals surface area contributed by atoms with Crippen LogP contribution in [0.4, 0.5) is 0 Å². The van der Waals surface area contributed by atoms with Crippen LogP contribution in [-0.4, -0.2) is 48.1 Å². The molecule has 5 nitrogen and oxygen atoms in total. The van der Waals surface area contributed by atoms with Crippen molar-refractivity contribution in [3.63, 3.8) is 0 Å². The molecule has 3 rings (SSSR count). The molecule has 0 saturated heterocycles. The van der Waals surface area contributed by atoms with Crippen LogP contribution in [-0.2, 0) is 9.53 Å². The SMILES string of the molecule is COC(=O)[C@H](CCS)N=C1C=CCCN1C(=O)c1ccccc1-c1ccccc1. The molecule has 2 aromatic rings. The van der Waals surface area contributed by atoms with Crippen LogP contribution in [0.5, 0.6) is 0 Å². The first-order valence-electron chi connectivity index (χ1n) is 9.55. The maximum atomic E-state index is 13.5. The highest BCUT2D eigenvalue weighted by Crippen LogP contribution is 2.25. The molecule has 0 saturated carbocycles. The predicted octanol–water partition coefficient (Wildman–Crippen LogP) is 4.02. The molecule has 1 heterocycles. The Bertz CT molecular complexity index is 925. The molecular formula is C23H24N2O3S. The third-order valence-electron chi connectivity index (χ3n) is 4.71. The predicted molar refractivity (Wildman–Crippen MR) is 118 cm³/mol. The molecule has 29 heavy (non-hydrogen) atoms. The first kappa shape index (κ1) is 20.9. The van der Waals surface area contributed by atoms with E-state index in [0.717, 1.165) is 17.5 Å². The molecule has 0 N–H and O–H groups in total. The van der Waals surface area contributed by atoms with E-state index in [2.05, 4.69) is 17.6 Å². The Kier molecular flexibility index (Phi) is 7.25. The van der Waals surface area contributed by atoms with Crippen LogP contribution in [0.15, 0.2) is 71.7 Å². The Morgan fingerprint density at radius 2 is 1.86 bits per heavy atom. The van der Waals surface area contributed by atoms with E-state index in [4.69, 9.17) is 4.74 Å². The van der Waals surface area contributed by atoms with E-state index in [1.807, 2.05) is 60.7 Å². The monoisotopic (exact) mass is 408 g/mol. The van der Waals surface area contributed by atoms with E-state index in [9.17, 15) is 9.59 Å². The molecule has 0 spiro atoms. The Morgan fingerprint density at radius 1 is 1.14 bits per heavy atom. The second-order valence-electron chi connectivity index (χ2n) is 6.60. The molecule has 1 aliphatic rings. The van der Waals surface area contributed by atoms with Gasteiger partial charge in [-0.15, -0.1) is 0 Å². The van der Waals surface area contributed by atoms with Crippen molar-refractivity contribution < 1.29 is 14.3 Å². The normalized spacial score (nSPS) is 15.9. The molecule has 0 aliphatic carbocycles. The van der Waals surface area contributed by atoms with Gasteiger partial charge in [0, 0.05) is 12.1 Å². The maximum absolute atomic E-state index is 13.5. The molecule has 0 aromatic heterocycles. The molecule has 0 unspecified atom stereocenters. The van der Waals surface area contributed by atoms with Crippen LogP contribution < -0.4 is 0 Å². The number of carbonyl (C=O) groups is 2. The Labute approximate surface area is 176 Å². The van der Waals surface area contributed by atoms with Gasteiger partial charge < -0.3 is 4.74 Å². The highest BCUT2D eigenvalue weighted by Gasteiger charge is 2.26. The van der Waals surface area contributed by atoms with Gasteiger partial charge in [-0.05, 0) is 41.9 Å². The van der Waals surface area contributed by atoms with Crippen molar-refractivity contribution in [2.75, 3.05) is 19.4 Å². The fraction of sp³-hybridized carbons (Fsp3) is 0.261. The lowest BCUT2D eigenvalue weighted by atomic mass is 9.98. The van der Waals surface area contributed by atoms with Gasteiger partial charge in [-0.3, -0.25) is 14.7 Å². The van der Waals surface area contributed by atoms with Crippen molar-refractivity contribution in [2.24, 2.45) is 4.99 Å². The zero-order chi connectivity index (χ0) is 20.6. The number of hydrogen-bond acceptors (Lipinski definition) is 5. The lowest BCUT2D eigenvalue weighted by Crippen LogP contribution is -2.40. The number of methoxy groups -OCH3 is 1. The molecule has 0 bridgehead atoms. The van der Waals surface area contributed by atoms with E-state index >= 15 is 0 Å². The van der Waals surface area contributed by atoms with Crippen molar-refractivity contribution in [3.05, 3.63) is 72.3 Å². The van der Waals surface area contributed by atoms with E-state index in [1.165, 1.54) is 7.11 Å². The third kappa shape index (κ3) is 4.95. The minimum atomic E-state index is -0.685. The average molecular weight is 409 g/mol. The van der Waals surface area contributed by atoms with Crippen LogP contribution in [0.2, 0.25) is 0 Å². The summed E-state index contributed by atoms with van der Waals surface area (Å²) < 4.78 is 4.86. The number of benzene rings is 2. The second kappa shape index (κ2) is 10.1. The lowest BCUT2D eigenvalue weighted by Gasteiger charge is -2.27. The van der Waals surface area contributed by atoms with Gasteiger partial charge in [-0.1, -0.05) is 54.6 Å². The number of carbonyl (C=O) groups excluding carboxylic acids is 2. The lowest BCUT2D eigenvalue weighted by molar-refractivity contribution is -0.142. The third-order valence-corrected chi connectivity index (χ3v) is 4.97. The maximum Gasteiger partial charge on any atom is 0.330 e. The Hall–Kier alpha value is -2.86. The summed E-state index contributed by atoms with van der Waals surface area (Å²) in [5, 5.41) is 0. The molecule has 2 aromatic carbocycles. The summed E-state index contributed by atoms with van der Waals surface area (Å²) in [6.07, 6.45) is 4.92. The fourth-order valence-electron chi connectivity index (χ4n) is 3.25.